The molecule has 32 heavy (non-hydrogen) atoms. The van der Waals surface area contributed by atoms with Gasteiger partial charge in [-0.1, -0.05) is 19.9 Å². The van der Waals surface area contributed by atoms with Crippen molar-refractivity contribution < 1.29 is 4.79 Å². The molecule has 3 aromatic heterocycles. The van der Waals surface area contributed by atoms with Crippen LogP contribution in [0, 0.1) is 12.8 Å². The zero-order valence-electron chi connectivity index (χ0n) is 19.4. The fourth-order valence-electron chi connectivity index (χ4n) is 4.41. The molecule has 1 aliphatic carbocycles. The molecule has 7 nitrogen and oxygen atoms in total. The van der Waals surface area contributed by atoms with Gasteiger partial charge in [0.05, 0.1) is 23.1 Å². The van der Waals surface area contributed by atoms with Crippen LogP contribution in [0.25, 0.3) is 11.3 Å². The molecule has 4 rings (SSSR count). The highest BCUT2D eigenvalue weighted by Crippen LogP contribution is 2.38. The van der Waals surface area contributed by atoms with E-state index in [0.29, 0.717) is 23.9 Å². The molecule has 0 aromatic carbocycles. The minimum absolute atomic E-state index is 0.0347. The second-order valence-corrected chi connectivity index (χ2v) is 9.09. The Kier molecular flexibility index (Phi) is 6.63. The Bertz CT molecular complexity index is 1070. The monoisotopic (exact) mass is 432 g/mol. The first-order valence-corrected chi connectivity index (χ1v) is 11.5. The molecular formula is C25H32N6O. The van der Waals surface area contributed by atoms with E-state index in [-0.39, 0.29) is 11.8 Å². The maximum Gasteiger partial charge on any atom is 0.254 e. The molecule has 1 saturated carbocycles. The summed E-state index contributed by atoms with van der Waals surface area (Å²) in [5.41, 5.74) is 4.63. The van der Waals surface area contributed by atoms with Crippen molar-refractivity contribution in [1.82, 2.24) is 30.0 Å². The second-order valence-electron chi connectivity index (χ2n) is 9.09. The minimum atomic E-state index is -0.0347. The first-order valence-electron chi connectivity index (χ1n) is 11.5. The maximum atomic E-state index is 12.5. The fourth-order valence-corrected chi connectivity index (χ4v) is 4.41. The number of aromatic nitrogens is 5. The summed E-state index contributed by atoms with van der Waals surface area (Å²) in [7, 11) is 1.85. The summed E-state index contributed by atoms with van der Waals surface area (Å²) >= 11 is 0. The normalized spacial score (nSPS) is 18.7. The Morgan fingerprint density at radius 1 is 1.16 bits per heavy atom. The quantitative estimate of drug-likeness (QED) is 0.624. The highest BCUT2D eigenvalue weighted by molar-refractivity contribution is 5.95. The van der Waals surface area contributed by atoms with E-state index in [1.807, 2.05) is 44.6 Å². The van der Waals surface area contributed by atoms with E-state index >= 15 is 0 Å². The lowest BCUT2D eigenvalue weighted by Crippen LogP contribution is -2.31. The van der Waals surface area contributed by atoms with Gasteiger partial charge in [0.1, 0.15) is 5.82 Å². The Hall–Kier alpha value is -3.09. The molecule has 0 bridgehead atoms. The van der Waals surface area contributed by atoms with E-state index in [4.69, 9.17) is 4.98 Å². The standard InChI is InChI=1S/C25H32N6O/c1-16(2)24-27-14-21(22-7-5-6-12-26-22)23(30-24)19-10-8-18(9-11-19)13-28-25(32)20-15-29-31(4)17(20)3/h5-7,12,14-16,18-19H,8-11,13H2,1-4H3,(H,28,32). The van der Waals surface area contributed by atoms with Gasteiger partial charge in [0, 0.05) is 49.1 Å². The molecule has 0 saturated heterocycles. The first kappa shape index (κ1) is 22.1. The summed E-state index contributed by atoms with van der Waals surface area (Å²) in [6.45, 7) is 6.87. The van der Waals surface area contributed by atoms with E-state index in [0.717, 1.165) is 54.2 Å². The number of pyridine rings is 1. The number of amides is 1. The van der Waals surface area contributed by atoms with Crippen molar-refractivity contribution in [3.05, 3.63) is 59.6 Å². The van der Waals surface area contributed by atoms with Crippen molar-refractivity contribution in [2.75, 3.05) is 6.54 Å². The molecule has 0 atom stereocenters. The zero-order valence-corrected chi connectivity index (χ0v) is 19.4. The van der Waals surface area contributed by atoms with E-state index < -0.39 is 0 Å². The summed E-state index contributed by atoms with van der Waals surface area (Å²) in [6.07, 6.45) is 9.66. The van der Waals surface area contributed by atoms with Crippen LogP contribution < -0.4 is 5.32 Å². The average molecular weight is 433 g/mol. The number of nitrogens with zero attached hydrogens (tertiary/aromatic N) is 5. The third-order valence-electron chi connectivity index (χ3n) is 6.56. The van der Waals surface area contributed by atoms with Crippen LogP contribution in [0.15, 0.2) is 36.8 Å². The number of hydrogen-bond donors (Lipinski definition) is 1. The Morgan fingerprint density at radius 2 is 1.94 bits per heavy atom. The molecule has 3 aromatic rings. The van der Waals surface area contributed by atoms with Gasteiger partial charge in [-0.3, -0.25) is 14.5 Å². The highest BCUT2D eigenvalue weighted by Gasteiger charge is 2.27. The van der Waals surface area contributed by atoms with Crippen molar-refractivity contribution in [3.63, 3.8) is 0 Å². The molecule has 1 amide bonds. The van der Waals surface area contributed by atoms with E-state index in [2.05, 4.69) is 34.2 Å². The van der Waals surface area contributed by atoms with Crippen molar-refractivity contribution in [1.29, 1.82) is 0 Å². The molecule has 7 heteroatoms. The molecular weight excluding hydrogens is 400 g/mol. The van der Waals surface area contributed by atoms with Gasteiger partial charge in [0.2, 0.25) is 0 Å². The molecule has 1 N–H and O–H groups in total. The fraction of sp³-hybridized carbons (Fsp3) is 0.480. The van der Waals surface area contributed by atoms with E-state index in [9.17, 15) is 4.79 Å². The number of nitrogens with one attached hydrogen (secondary N) is 1. The molecule has 0 aliphatic heterocycles. The van der Waals surface area contributed by atoms with Crippen LogP contribution in [-0.2, 0) is 7.05 Å². The topological polar surface area (TPSA) is 85.6 Å². The Morgan fingerprint density at radius 3 is 2.56 bits per heavy atom. The van der Waals surface area contributed by atoms with Crippen LogP contribution in [0.5, 0.6) is 0 Å². The third kappa shape index (κ3) is 4.71. The van der Waals surface area contributed by atoms with Gasteiger partial charge < -0.3 is 5.32 Å². The van der Waals surface area contributed by atoms with Crippen molar-refractivity contribution >= 4 is 5.91 Å². The van der Waals surface area contributed by atoms with Crippen LogP contribution in [0.1, 0.15) is 78.9 Å². The summed E-state index contributed by atoms with van der Waals surface area (Å²) in [6, 6.07) is 5.96. The Balaban J connectivity index is 1.43. The van der Waals surface area contributed by atoms with Crippen LogP contribution >= 0.6 is 0 Å². The molecule has 1 fully saturated rings. The van der Waals surface area contributed by atoms with Crippen molar-refractivity contribution in [3.8, 4) is 11.3 Å². The highest BCUT2D eigenvalue weighted by atomic mass is 16.1. The summed E-state index contributed by atoms with van der Waals surface area (Å²) < 4.78 is 1.73. The van der Waals surface area contributed by atoms with E-state index in [1.54, 1.807) is 10.9 Å². The van der Waals surface area contributed by atoms with Crippen LogP contribution in [0.4, 0.5) is 0 Å². The smallest absolute Gasteiger partial charge is 0.254 e. The third-order valence-corrected chi connectivity index (χ3v) is 6.56. The molecule has 168 valence electrons. The molecule has 0 radical (unpaired) electrons. The van der Waals surface area contributed by atoms with E-state index in [1.165, 1.54) is 0 Å². The van der Waals surface area contributed by atoms with Gasteiger partial charge in [0.15, 0.2) is 0 Å². The lowest BCUT2D eigenvalue weighted by atomic mass is 9.79. The molecule has 3 heterocycles. The van der Waals surface area contributed by atoms with Gasteiger partial charge >= 0.3 is 0 Å². The maximum absolute atomic E-state index is 12.5. The lowest BCUT2D eigenvalue weighted by Gasteiger charge is -2.29. The van der Waals surface area contributed by atoms with Crippen molar-refractivity contribution in [2.24, 2.45) is 13.0 Å². The first-order chi connectivity index (χ1) is 15.4. The van der Waals surface area contributed by atoms with Gasteiger partial charge in [0.25, 0.3) is 5.91 Å². The molecule has 0 spiro atoms. The van der Waals surface area contributed by atoms with Crippen molar-refractivity contribution in [2.45, 2.75) is 58.3 Å². The van der Waals surface area contributed by atoms with Gasteiger partial charge in [-0.25, -0.2) is 9.97 Å². The zero-order chi connectivity index (χ0) is 22.7. The number of hydrogen-bond acceptors (Lipinski definition) is 5. The summed E-state index contributed by atoms with van der Waals surface area (Å²) in [5.74, 6) is 2.01. The van der Waals surface area contributed by atoms with Gasteiger partial charge in [-0.05, 0) is 50.7 Å². The largest absolute Gasteiger partial charge is 0.352 e. The summed E-state index contributed by atoms with van der Waals surface area (Å²) in [4.78, 5) is 26.7. The average Bonchev–Trinajstić information content (AvgIpc) is 3.16. The minimum Gasteiger partial charge on any atom is -0.352 e. The SMILES string of the molecule is Cc1c(C(=O)NCC2CCC(c3nc(C(C)C)ncc3-c3ccccn3)CC2)cnn1C. The second kappa shape index (κ2) is 9.59. The summed E-state index contributed by atoms with van der Waals surface area (Å²) in [5, 5.41) is 7.28. The number of aryl methyl sites for hydroxylation is 1. The predicted octanol–water partition coefficient (Wildman–Crippen LogP) is 4.41. The Labute approximate surface area is 189 Å². The van der Waals surface area contributed by atoms with Crippen LogP contribution in [0.2, 0.25) is 0 Å². The molecule has 0 unspecified atom stereocenters. The molecule has 1 aliphatic rings. The lowest BCUT2D eigenvalue weighted by molar-refractivity contribution is 0.0942. The number of carbonyl (C=O) groups excluding carboxylic acids is 1. The number of carbonyl (C=O) groups is 1. The predicted molar refractivity (Wildman–Crippen MR) is 124 cm³/mol. The number of rotatable bonds is 6. The van der Waals surface area contributed by atoms with Gasteiger partial charge in [-0.2, -0.15) is 5.10 Å². The van der Waals surface area contributed by atoms with Crippen LogP contribution in [-0.4, -0.2) is 37.2 Å². The van der Waals surface area contributed by atoms with Crippen LogP contribution in [0.3, 0.4) is 0 Å². The van der Waals surface area contributed by atoms with Gasteiger partial charge in [-0.15, -0.1) is 0 Å².